The van der Waals surface area contributed by atoms with Crippen LogP contribution in [0.15, 0.2) is 18.2 Å². The van der Waals surface area contributed by atoms with Crippen molar-refractivity contribution in [1.29, 1.82) is 0 Å². The number of nitrogens with zero attached hydrogens (tertiary/aromatic N) is 1. The number of alkyl halides is 2. The topological polar surface area (TPSA) is 81.2 Å². The smallest absolute Gasteiger partial charge is 0.295 e. The SMILES string of the molecule is NCC(F)(F)CNc1c(F)cccc1[N+](=O)[O-]. The predicted octanol–water partition coefficient (Wildman–Crippen LogP) is 1.74. The second-order valence-corrected chi connectivity index (χ2v) is 3.30. The molecule has 0 atom stereocenters. The second-order valence-electron chi connectivity index (χ2n) is 3.30. The number of para-hydroxylation sites is 1. The van der Waals surface area contributed by atoms with E-state index in [1.54, 1.807) is 0 Å². The Morgan fingerprint density at radius 2 is 2.12 bits per heavy atom. The van der Waals surface area contributed by atoms with E-state index < -0.39 is 41.1 Å². The molecular weight excluding hydrogens is 239 g/mol. The van der Waals surface area contributed by atoms with Gasteiger partial charge in [0, 0.05) is 6.07 Å². The van der Waals surface area contributed by atoms with Gasteiger partial charge in [-0.05, 0) is 6.07 Å². The Balaban J connectivity index is 2.94. The Morgan fingerprint density at radius 3 is 2.65 bits per heavy atom. The number of hydrogen-bond acceptors (Lipinski definition) is 4. The number of nitro benzene ring substituents is 1. The van der Waals surface area contributed by atoms with Crippen molar-refractivity contribution in [3.8, 4) is 0 Å². The second kappa shape index (κ2) is 5.00. The summed E-state index contributed by atoms with van der Waals surface area (Å²) < 4.78 is 38.9. The van der Waals surface area contributed by atoms with Gasteiger partial charge in [-0.3, -0.25) is 10.1 Å². The van der Waals surface area contributed by atoms with Crippen LogP contribution in [0.1, 0.15) is 0 Å². The van der Waals surface area contributed by atoms with Crippen LogP contribution in [-0.2, 0) is 0 Å². The minimum atomic E-state index is -3.25. The van der Waals surface area contributed by atoms with Gasteiger partial charge in [-0.1, -0.05) is 6.07 Å². The minimum absolute atomic E-state index is 0.564. The maximum absolute atomic E-state index is 13.2. The standard InChI is InChI=1S/C9H10F3N3O2/c10-6-2-1-3-7(15(16)17)8(6)14-5-9(11,12)4-13/h1-3,14H,4-5,13H2. The van der Waals surface area contributed by atoms with Gasteiger partial charge in [-0.2, -0.15) is 0 Å². The molecule has 0 heterocycles. The molecule has 1 aromatic carbocycles. The maximum Gasteiger partial charge on any atom is 0.295 e. The molecule has 0 aromatic heterocycles. The van der Waals surface area contributed by atoms with E-state index in [2.05, 4.69) is 0 Å². The van der Waals surface area contributed by atoms with E-state index >= 15 is 0 Å². The molecule has 0 bridgehead atoms. The molecular formula is C9H10F3N3O2. The number of rotatable bonds is 5. The molecule has 0 aliphatic rings. The highest BCUT2D eigenvalue weighted by atomic mass is 19.3. The molecule has 0 amide bonds. The predicted molar refractivity (Wildman–Crippen MR) is 55.5 cm³/mol. The largest absolute Gasteiger partial charge is 0.371 e. The minimum Gasteiger partial charge on any atom is -0.371 e. The quantitative estimate of drug-likeness (QED) is 0.615. The molecule has 0 unspecified atom stereocenters. The molecule has 3 N–H and O–H groups in total. The number of halogens is 3. The fourth-order valence-electron chi connectivity index (χ4n) is 1.13. The van der Waals surface area contributed by atoms with Gasteiger partial charge < -0.3 is 11.1 Å². The molecule has 0 saturated heterocycles. The summed E-state index contributed by atoms with van der Waals surface area (Å²) in [6.07, 6.45) is 0. The third-order valence-electron chi connectivity index (χ3n) is 2.01. The van der Waals surface area contributed by atoms with Crippen molar-refractivity contribution >= 4 is 11.4 Å². The Hall–Kier alpha value is -1.83. The molecule has 0 aliphatic heterocycles. The average Bonchev–Trinajstić information content (AvgIpc) is 2.27. The summed E-state index contributed by atoms with van der Waals surface area (Å²) >= 11 is 0. The summed E-state index contributed by atoms with van der Waals surface area (Å²) in [6, 6.07) is 3.08. The monoisotopic (exact) mass is 249 g/mol. The molecule has 0 saturated carbocycles. The molecule has 1 rings (SSSR count). The molecule has 5 nitrogen and oxygen atoms in total. The van der Waals surface area contributed by atoms with E-state index in [1.807, 2.05) is 5.32 Å². The number of nitrogens with two attached hydrogens (primary N) is 1. The van der Waals surface area contributed by atoms with Crippen molar-refractivity contribution in [2.75, 3.05) is 18.4 Å². The summed E-state index contributed by atoms with van der Waals surface area (Å²) in [7, 11) is 0. The van der Waals surface area contributed by atoms with Gasteiger partial charge >= 0.3 is 0 Å². The van der Waals surface area contributed by atoms with Crippen LogP contribution in [0.3, 0.4) is 0 Å². The lowest BCUT2D eigenvalue weighted by Crippen LogP contribution is -2.35. The first kappa shape index (κ1) is 13.2. The van der Waals surface area contributed by atoms with Crippen LogP contribution in [0.2, 0.25) is 0 Å². The fourth-order valence-corrected chi connectivity index (χ4v) is 1.13. The third-order valence-corrected chi connectivity index (χ3v) is 2.01. The van der Waals surface area contributed by atoms with Crippen LogP contribution in [-0.4, -0.2) is 23.9 Å². The zero-order valence-corrected chi connectivity index (χ0v) is 8.62. The van der Waals surface area contributed by atoms with Crippen LogP contribution in [0, 0.1) is 15.9 Å². The Kier molecular flexibility index (Phi) is 3.89. The van der Waals surface area contributed by atoms with Gasteiger partial charge in [-0.25, -0.2) is 13.2 Å². The summed E-state index contributed by atoms with van der Waals surface area (Å²) in [5.74, 6) is -4.22. The zero-order chi connectivity index (χ0) is 13.1. The highest BCUT2D eigenvalue weighted by Crippen LogP contribution is 2.27. The van der Waals surface area contributed by atoms with Crippen LogP contribution in [0.25, 0.3) is 0 Å². The number of benzene rings is 1. The van der Waals surface area contributed by atoms with Crippen molar-refractivity contribution in [3.05, 3.63) is 34.1 Å². The number of anilines is 1. The van der Waals surface area contributed by atoms with Gasteiger partial charge in [0.05, 0.1) is 18.0 Å². The first-order chi connectivity index (χ1) is 7.87. The molecule has 94 valence electrons. The first-order valence-electron chi connectivity index (χ1n) is 4.62. The van der Waals surface area contributed by atoms with E-state index in [1.165, 1.54) is 0 Å². The Morgan fingerprint density at radius 1 is 1.47 bits per heavy atom. The normalized spacial score (nSPS) is 11.3. The lowest BCUT2D eigenvalue weighted by Gasteiger charge is -2.15. The molecule has 0 aliphatic carbocycles. The summed E-state index contributed by atoms with van der Waals surface area (Å²) in [5, 5.41) is 12.6. The summed E-state index contributed by atoms with van der Waals surface area (Å²) in [4.78, 5) is 9.70. The van der Waals surface area contributed by atoms with Crippen molar-refractivity contribution < 1.29 is 18.1 Å². The third kappa shape index (κ3) is 3.31. The van der Waals surface area contributed by atoms with E-state index in [9.17, 15) is 23.3 Å². The highest BCUT2D eigenvalue weighted by Gasteiger charge is 2.28. The van der Waals surface area contributed by atoms with Crippen LogP contribution < -0.4 is 11.1 Å². The molecule has 17 heavy (non-hydrogen) atoms. The van der Waals surface area contributed by atoms with E-state index in [0.717, 1.165) is 18.2 Å². The van der Waals surface area contributed by atoms with Crippen molar-refractivity contribution in [1.82, 2.24) is 0 Å². The van der Waals surface area contributed by atoms with Gasteiger partial charge in [-0.15, -0.1) is 0 Å². The summed E-state index contributed by atoms with van der Waals surface area (Å²) in [5.41, 5.74) is 3.63. The van der Waals surface area contributed by atoms with Gasteiger partial charge in [0.15, 0.2) is 5.82 Å². The zero-order valence-electron chi connectivity index (χ0n) is 8.62. The van der Waals surface area contributed by atoms with Gasteiger partial charge in [0.25, 0.3) is 11.6 Å². The van der Waals surface area contributed by atoms with E-state index in [-0.39, 0.29) is 0 Å². The summed E-state index contributed by atoms with van der Waals surface area (Å²) in [6.45, 7) is -1.90. The highest BCUT2D eigenvalue weighted by molar-refractivity contribution is 5.62. The molecule has 8 heteroatoms. The lowest BCUT2D eigenvalue weighted by molar-refractivity contribution is -0.384. The lowest BCUT2D eigenvalue weighted by atomic mass is 10.2. The van der Waals surface area contributed by atoms with Gasteiger partial charge in [0.1, 0.15) is 5.69 Å². The fraction of sp³-hybridized carbons (Fsp3) is 0.333. The van der Waals surface area contributed by atoms with Crippen molar-refractivity contribution in [3.63, 3.8) is 0 Å². The number of nitro groups is 1. The van der Waals surface area contributed by atoms with Crippen molar-refractivity contribution in [2.45, 2.75) is 5.92 Å². The van der Waals surface area contributed by atoms with Crippen LogP contribution >= 0.6 is 0 Å². The van der Waals surface area contributed by atoms with E-state index in [0.29, 0.717) is 0 Å². The Bertz CT molecular complexity index is 426. The molecule has 0 spiro atoms. The molecule has 0 fully saturated rings. The molecule has 0 radical (unpaired) electrons. The van der Waals surface area contributed by atoms with Crippen LogP contribution in [0.5, 0.6) is 0 Å². The van der Waals surface area contributed by atoms with Crippen LogP contribution in [0.4, 0.5) is 24.5 Å². The molecule has 1 aromatic rings. The maximum atomic E-state index is 13.2. The first-order valence-corrected chi connectivity index (χ1v) is 4.62. The number of hydrogen-bond donors (Lipinski definition) is 2. The Labute approximate surface area is 94.6 Å². The van der Waals surface area contributed by atoms with Crippen molar-refractivity contribution in [2.24, 2.45) is 5.73 Å². The van der Waals surface area contributed by atoms with Gasteiger partial charge in [0.2, 0.25) is 0 Å². The number of nitrogens with one attached hydrogen (secondary N) is 1. The average molecular weight is 249 g/mol. The van der Waals surface area contributed by atoms with E-state index in [4.69, 9.17) is 5.73 Å².